The number of hydrogen-bond acceptors (Lipinski definition) is 4. The van der Waals surface area contributed by atoms with Crippen LogP contribution in [0.25, 0.3) is 0 Å². The molecule has 0 saturated carbocycles. The van der Waals surface area contributed by atoms with Crippen molar-refractivity contribution in [2.45, 2.75) is 43.5 Å². The Morgan fingerprint density at radius 3 is 2.55 bits per heavy atom. The van der Waals surface area contributed by atoms with Gasteiger partial charge in [0.2, 0.25) is 0 Å². The third kappa shape index (κ3) is 3.33. The second-order valence-electron chi connectivity index (χ2n) is 5.32. The van der Waals surface area contributed by atoms with Crippen LogP contribution in [0.15, 0.2) is 29.2 Å². The maximum absolute atomic E-state index is 11.8. The van der Waals surface area contributed by atoms with Crippen LogP contribution >= 0.6 is 0 Å². The lowest BCUT2D eigenvalue weighted by atomic mass is 9.98. The number of anilines is 1. The summed E-state index contributed by atoms with van der Waals surface area (Å²) in [5.41, 5.74) is 6.80. The maximum Gasteiger partial charge on any atom is 0.178 e. The molecule has 0 amide bonds. The quantitative estimate of drug-likeness (QED) is 0.904. The molecule has 0 bridgehead atoms. The van der Waals surface area contributed by atoms with Crippen molar-refractivity contribution >= 4 is 15.5 Å². The summed E-state index contributed by atoms with van der Waals surface area (Å²) in [7, 11) is -3.11. The minimum Gasteiger partial charge on any atom is -0.369 e. The van der Waals surface area contributed by atoms with E-state index in [1.165, 1.54) is 19.3 Å². The van der Waals surface area contributed by atoms with Crippen LogP contribution in [0.4, 0.5) is 5.69 Å². The lowest BCUT2D eigenvalue weighted by Crippen LogP contribution is -2.40. The van der Waals surface area contributed by atoms with Crippen molar-refractivity contribution in [3.8, 4) is 0 Å². The molecule has 1 saturated heterocycles. The smallest absolute Gasteiger partial charge is 0.178 e. The fourth-order valence-electron chi connectivity index (χ4n) is 2.84. The zero-order valence-electron chi connectivity index (χ0n) is 12.1. The van der Waals surface area contributed by atoms with Crippen molar-refractivity contribution in [3.05, 3.63) is 24.3 Å². The topological polar surface area (TPSA) is 63.4 Å². The lowest BCUT2D eigenvalue weighted by Gasteiger charge is -2.37. The molecular weight excluding hydrogens is 272 g/mol. The summed E-state index contributed by atoms with van der Waals surface area (Å²) in [4.78, 5) is 2.79. The van der Waals surface area contributed by atoms with Crippen molar-refractivity contribution in [2.24, 2.45) is 5.73 Å². The van der Waals surface area contributed by atoms with Crippen molar-refractivity contribution in [1.29, 1.82) is 0 Å². The summed E-state index contributed by atoms with van der Waals surface area (Å²) >= 11 is 0. The normalized spacial score (nSPS) is 20.1. The van der Waals surface area contributed by atoms with Crippen molar-refractivity contribution in [3.63, 3.8) is 0 Å². The van der Waals surface area contributed by atoms with Gasteiger partial charge in [-0.15, -0.1) is 0 Å². The van der Waals surface area contributed by atoms with Crippen LogP contribution in [0.1, 0.15) is 32.6 Å². The first-order chi connectivity index (χ1) is 9.58. The predicted octanol–water partition coefficient (Wildman–Crippen LogP) is 2.19. The van der Waals surface area contributed by atoms with Crippen LogP contribution in [0, 0.1) is 0 Å². The monoisotopic (exact) mass is 296 g/mol. The standard InChI is InChI=1S/C15H24N2O2S/c1-2-20(18,19)15-8-6-14(7-9-15)17-12-4-3-5-13(17)10-11-16/h6-9,13H,2-5,10-12,16H2,1H3. The molecule has 1 unspecified atom stereocenters. The molecule has 5 heteroatoms. The van der Waals surface area contributed by atoms with Gasteiger partial charge in [0, 0.05) is 18.3 Å². The molecule has 1 aromatic rings. The zero-order chi connectivity index (χ0) is 14.6. The summed E-state index contributed by atoms with van der Waals surface area (Å²) in [6.07, 6.45) is 4.61. The molecule has 112 valence electrons. The van der Waals surface area contributed by atoms with E-state index >= 15 is 0 Å². The van der Waals surface area contributed by atoms with Crippen LogP contribution in [-0.2, 0) is 9.84 Å². The van der Waals surface area contributed by atoms with Crippen LogP contribution < -0.4 is 10.6 Å². The Kier molecular flexibility index (Phi) is 5.05. The van der Waals surface area contributed by atoms with Gasteiger partial charge in [-0.3, -0.25) is 0 Å². The molecule has 1 aromatic carbocycles. The predicted molar refractivity (Wildman–Crippen MR) is 82.8 cm³/mol. The highest BCUT2D eigenvalue weighted by molar-refractivity contribution is 7.91. The molecule has 0 aromatic heterocycles. The third-order valence-corrected chi connectivity index (χ3v) is 5.79. The molecule has 0 radical (unpaired) electrons. The molecule has 1 heterocycles. The van der Waals surface area contributed by atoms with Gasteiger partial charge < -0.3 is 10.6 Å². The van der Waals surface area contributed by atoms with E-state index in [1.807, 2.05) is 12.1 Å². The second kappa shape index (κ2) is 6.59. The molecule has 20 heavy (non-hydrogen) atoms. The number of nitrogens with zero attached hydrogens (tertiary/aromatic N) is 1. The SMILES string of the molecule is CCS(=O)(=O)c1ccc(N2CCCCC2CCN)cc1. The van der Waals surface area contributed by atoms with Crippen LogP contribution in [0.2, 0.25) is 0 Å². The maximum atomic E-state index is 11.8. The molecule has 0 aliphatic carbocycles. The zero-order valence-corrected chi connectivity index (χ0v) is 12.9. The Hall–Kier alpha value is -1.07. The van der Waals surface area contributed by atoms with Gasteiger partial charge in [-0.25, -0.2) is 8.42 Å². The Morgan fingerprint density at radius 2 is 1.95 bits per heavy atom. The van der Waals surface area contributed by atoms with Gasteiger partial charge in [-0.05, 0) is 56.5 Å². The van der Waals surface area contributed by atoms with E-state index in [1.54, 1.807) is 19.1 Å². The van der Waals surface area contributed by atoms with Gasteiger partial charge in [0.05, 0.1) is 10.6 Å². The molecule has 1 fully saturated rings. The Labute approximate surface area is 121 Å². The van der Waals surface area contributed by atoms with Gasteiger partial charge >= 0.3 is 0 Å². The first kappa shape index (κ1) is 15.3. The lowest BCUT2D eigenvalue weighted by molar-refractivity contribution is 0.442. The molecule has 2 rings (SSSR count). The van der Waals surface area contributed by atoms with Crippen molar-refractivity contribution < 1.29 is 8.42 Å². The summed E-state index contributed by atoms with van der Waals surface area (Å²) in [5, 5.41) is 0. The second-order valence-corrected chi connectivity index (χ2v) is 7.60. The summed E-state index contributed by atoms with van der Waals surface area (Å²) < 4.78 is 23.7. The van der Waals surface area contributed by atoms with E-state index in [4.69, 9.17) is 5.73 Å². The van der Waals surface area contributed by atoms with Crippen LogP contribution in [-0.4, -0.2) is 33.3 Å². The molecule has 2 N–H and O–H groups in total. The number of sulfone groups is 1. The highest BCUT2D eigenvalue weighted by Gasteiger charge is 2.22. The fraction of sp³-hybridized carbons (Fsp3) is 0.600. The average Bonchev–Trinajstić information content (AvgIpc) is 2.48. The van der Waals surface area contributed by atoms with E-state index in [2.05, 4.69) is 4.90 Å². The Morgan fingerprint density at radius 1 is 1.25 bits per heavy atom. The molecule has 1 aliphatic rings. The molecule has 1 atom stereocenters. The number of hydrogen-bond donors (Lipinski definition) is 1. The first-order valence-electron chi connectivity index (χ1n) is 7.38. The van der Waals surface area contributed by atoms with Gasteiger partial charge in [-0.1, -0.05) is 6.92 Å². The highest BCUT2D eigenvalue weighted by atomic mass is 32.2. The van der Waals surface area contributed by atoms with E-state index in [-0.39, 0.29) is 5.75 Å². The van der Waals surface area contributed by atoms with Gasteiger partial charge in [0.15, 0.2) is 9.84 Å². The molecule has 4 nitrogen and oxygen atoms in total. The van der Waals surface area contributed by atoms with Crippen molar-refractivity contribution in [2.75, 3.05) is 23.7 Å². The molecule has 0 spiro atoms. The minimum atomic E-state index is -3.11. The third-order valence-electron chi connectivity index (χ3n) is 4.03. The fourth-order valence-corrected chi connectivity index (χ4v) is 3.73. The van der Waals surface area contributed by atoms with Gasteiger partial charge in [-0.2, -0.15) is 0 Å². The highest BCUT2D eigenvalue weighted by Crippen LogP contribution is 2.27. The van der Waals surface area contributed by atoms with E-state index in [0.29, 0.717) is 17.5 Å². The number of benzene rings is 1. The van der Waals surface area contributed by atoms with Gasteiger partial charge in [0.1, 0.15) is 0 Å². The largest absolute Gasteiger partial charge is 0.369 e. The molecular formula is C15H24N2O2S. The molecule has 1 aliphatic heterocycles. The van der Waals surface area contributed by atoms with Gasteiger partial charge in [0.25, 0.3) is 0 Å². The van der Waals surface area contributed by atoms with E-state index in [0.717, 1.165) is 18.7 Å². The average molecular weight is 296 g/mol. The minimum absolute atomic E-state index is 0.145. The number of piperidine rings is 1. The summed E-state index contributed by atoms with van der Waals surface area (Å²) in [6.45, 7) is 3.40. The number of nitrogens with two attached hydrogens (primary N) is 1. The van der Waals surface area contributed by atoms with Crippen molar-refractivity contribution in [1.82, 2.24) is 0 Å². The Bertz CT molecular complexity index is 523. The van der Waals surface area contributed by atoms with Crippen LogP contribution in [0.5, 0.6) is 0 Å². The van der Waals surface area contributed by atoms with E-state index in [9.17, 15) is 8.42 Å². The van der Waals surface area contributed by atoms with E-state index < -0.39 is 9.84 Å². The number of rotatable bonds is 5. The Balaban J connectivity index is 2.20. The van der Waals surface area contributed by atoms with Crippen LogP contribution in [0.3, 0.4) is 0 Å². The summed E-state index contributed by atoms with van der Waals surface area (Å²) in [6, 6.07) is 7.79. The summed E-state index contributed by atoms with van der Waals surface area (Å²) in [5.74, 6) is 0.145. The first-order valence-corrected chi connectivity index (χ1v) is 9.03.